The number of nitrogens with zero attached hydrogens (tertiary/aromatic N) is 3. The molecular formula is C19H19N5. The van der Waals surface area contributed by atoms with Crippen molar-refractivity contribution in [2.75, 3.05) is 0 Å². The zero-order valence-electron chi connectivity index (χ0n) is 13.5. The molecule has 1 saturated carbocycles. The summed E-state index contributed by atoms with van der Waals surface area (Å²) in [7, 11) is 0. The van der Waals surface area contributed by atoms with E-state index in [0.29, 0.717) is 23.4 Å². The Morgan fingerprint density at radius 2 is 2.08 bits per heavy atom. The fourth-order valence-electron chi connectivity index (χ4n) is 2.80. The molecule has 1 aromatic carbocycles. The molecule has 0 atom stereocenters. The number of benzene rings is 1. The first-order valence-corrected chi connectivity index (χ1v) is 7.97. The van der Waals surface area contributed by atoms with E-state index in [-0.39, 0.29) is 0 Å². The van der Waals surface area contributed by atoms with Crippen molar-refractivity contribution in [1.29, 1.82) is 10.7 Å². The van der Waals surface area contributed by atoms with Crippen LogP contribution in [0.5, 0.6) is 0 Å². The van der Waals surface area contributed by atoms with Crippen LogP contribution in [-0.2, 0) is 0 Å². The summed E-state index contributed by atoms with van der Waals surface area (Å²) in [4.78, 5) is 9.04. The molecule has 1 aliphatic carbocycles. The van der Waals surface area contributed by atoms with Gasteiger partial charge < -0.3 is 10.7 Å². The predicted molar refractivity (Wildman–Crippen MR) is 95.3 cm³/mol. The van der Waals surface area contributed by atoms with E-state index in [9.17, 15) is 0 Å². The van der Waals surface area contributed by atoms with Crippen LogP contribution in [0.2, 0.25) is 0 Å². The summed E-state index contributed by atoms with van der Waals surface area (Å²) in [6.45, 7) is 1.75. The maximum Gasteiger partial charge on any atom is 0.0925 e. The van der Waals surface area contributed by atoms with Gasteiger partial charge in [-0.1, -0.05) is 18.2 Å². The molecule has 120 valence electrons. The van der Waals surface area contributed by atoms with Crippen LogP contribution in [0, 0.1) is 22.7 Å². The Labute approximate surface area is 141 Å². The number of para-hydroxylation sites is 2. The third-order valence-corrected chi connectivity index (χ3v) is 4.21. The van der Waals surface area contributed by atoms with Gasteiger partial charge in [0.2, 0.25) is 0 Å². The highest BCUT2D eigenvalue weighted by Gasteiger charge is 2.26. The standard InChI is InChI=1S/C19H19N5/c1-13(21)16(11-22-15-9-14(10-15)5-4-8-20)19-12-23-17-6-2-3-7-18(17)24-19/h2-7,11-12,14-15,21-22H,9-10H2,1H3/b5-4+,16-11+,21-13?. The summed E-state index contributed by atoms with van der Waals surface area (Å²) >= 11 is 0. The van der Waals surface area contributed by atoms with Crippen LogP contribution >= 0.6 is 0 Å². The Morgan fingerprint density at radius 1 is 1.33 bits per heavy atom. The van der Waals surface area contributed by atoms with Crippen molar-refractivity contribution in [2.24, 2.45) is 5.92 Å². The monoisotopic (exact) mass is 317 g/mol. The van der Waals surface area contributed by atoms with Crippen molar-refractivity contribution in [2.45, 2.75) is 25.8 Å². The minimum Gasteiger partial charge on any atom is -0.388 e. The second-order valence-electron chi connectivity index (χ2n) is 6.01. The number of fused-ring (bicyclic) bond motifs is 1. The van der Waals surface area contributed by atoms with Gasteiger partial charge in [-0.25, -0.2) is 4.98 Å². The highest BCUT2D eigenvalue weighted by Crippen LogP contribution is 2.28. The average molecular weight is 317 g/mol. The van der Waals surface area contributed by atoms with Gasteiger partial charge in [-0.2, -0.15) is 5.26 Å². The number of nitriles is 1. The Bertz CT molecular complexity index is 853. The molecule has 0 aliphatic heterocycles. The molecule has 5 heteroatoms. The van der Waals surface area contributed by atoms with E-state index in [1.54, 1.807) is 19.2 Å². The SMILES string of the molecule is CC(=N)/C(=C\NC1CC(/C=C/C#N)C1)c1cnc2ccccc2n1. The van der Waals surface area contributed by atoms with Crippen molar-refractivity contribution in [3.05, 3.63) is 54.5 Å². The van der Waals surface area contributed by atoms with Crippen LogP contribution in [0.4, 0.5) is 0 Å². The molecule has 1 aliphatic rings. The van der Waals surface area contributed by atoms with E-state index < -0.39 is 0 Å². The number of allylic oxidation sites excluding steroid dienone is 3. The van der Waals surface area contributed by atoms with Crippen LogP contribution < -0.4 is 5.32 Å². The van der Waals surface area contributed by atoms with Gasteiger partial charge >= 0.3 is 0 Å². The molecule has 0 bridgehead atoms. The molecular weight excluding hydrogens is 298 g/mol. The van der Waals surface area contributed by atoms with Crippen LogP contribution in [0.25, 0.3) is 16.6 Å². The van der Waals surface area contributed by atoms with Gasteiger partial charge in [-0.05, 0) is 37.8 Å². The Hall–Kier alpha value is -3.00. The van der Waals surface area contributed by atoms with E-state index >= 15 is 0 Å². The minimum atomic E-state index is 0.376. The van der Waals surface area contributed by atoms with E-state index in [0.717, 1.165) is 29.4 Å². The van der Waals surface area contributed by atoms with Gasteiger partial charge in [-0.3, -0.25) is 4.98 Å². The van der Waals surface area contributed by atoms with E-state index in [2.05, 4.69) is 15.3 Å². The molecule has 0 unspecified atom stereocenters. The normalized spacial score (nSPS) is 20.6. The Morgan fingerprint density at radius 3 is 2.79 bits per heavy atom. The van der Waals surface area contributed by atoms with Gasteiger partial charge in [0.1, 0.15) is 0 Å². The third-order valence-electron chi connectivity index (χ3n) is 4.21. The van der Waals surface area contributed by atoms with Crippen molar-refractivity contribution < 1.29 is 0 Å². The molecule has 0 radical (unpaired) electrons. The first-order valence-electron chi connectivity index (χ1n) is 7.97. The molecule has 0 spiro atoms. The van der Waals surface area contributed by atoms with Crippen molar-refractivity contribution in [3.8, 4) is 6.07 Å². The maximum absolute atomic E-state index is 8.54. The number of hydrogen-bond acceptors (Lipinski definition) is 5. The molecule has 0 amide bonds. The highest BCUT2D eigenvalue weighted by molar-refractivity contribution is 6.20. The first kappa shape index (κ1) is 15.9. The summed E-state index contributed by atoms with van der Waals surface area (Å²) in [5.41, 5.74) is 3.58. The fraction of sp³-hybridized carbons (Fsp3) is 0.263. The molecule has 1 heterocycles. The molecule has 1 fully saturated rings. The van der Waals surface area contributed by atoms with Gasteiger partial charge in [0.25, 0.3) is 0 Å². The molecule has 2 aromatic rings. The maximum atomic E-state index is 8.54. The van der Waals surface area contributed by atoms with Gasteiger partial charge in [-0.15, -0.1) is 0 Å². The third kappa shape index (κ3) is 3.49. The van der Waals surface area contributed by atoms with Crippen LogP contribution in [-0.4, -0.2) is 21.7 Å². The average Bonchev–Trinajstić information content (AvgIpc) is 2.55. The number of hydrogen-bond donors (Lipinski definition) is 2. The quantitative estimate of drug-likeness (QED) is 0.653. The summed E-state index contributed by atoms with van der Waals surface area (Å²) in [6, 6.07) is 10.1. The van der Waals surface area contributed by atoms with Gasteiger partial charge in [0.15, 0.2) is 0 Å². The molecule has 24 heavy (non-hydrogen) atoms. The topological polar surface area (TPSA) is 85.5 Å². The molecule has 0 saturated heterocycles. The summed E-state index contributed by atoms with van der Waals surface area (Å²) < 4.78 is 0. The van der Waals surface area contributed by atoms with Crippen LogP contribution in [0.3, 0.4) is 0 Å². The predicted octanol–water partition coefficient (Wildman–Crippen LogP) is 3.46. The summed E-state index contributed by atoms with van der Waals surface area (Å²) in [5, 5.41) is 19.9. The lowest BCUT2D eigenvalue weighted by molar-refractivity contribution is 0.291. The summed E-state index contributed by atoms with van der Waals surface area (Å²) in [5.74, 6) is 0.473. The number of rotatable bonds is 5. The van der Waals surface area contributed by atoms with Crippen LogP contribution in [0.15, 0.2) is 48.8 Å². The van der Waals surface area contributed by atoms with E-state index in [4.69, 9.17) is 10.7 Å². The van der Waals surface area contributed by atoms with Crippen molar-refractivity contribution >= 4 is 22.3 Å². The van der Waals surface area contributed by atoms with Gasteiger partial charge in [0.05, 0.1) is 29.0 Å². The largest absolute Gasteiger partial charge is 0.388 e. The van der Waals surface area contributed by atoms with Gasteiger partial charge in [0, 0.05) is 29.6 Å². The van der Waals surface area contributed by atoms with Crippen molar-refractivity contribution in [1.82, 2.24) is 15.3 Å². The smallest absolute Gasteiger partial charge is 0.0925 e. The van der Waals surface area contributed by atoms with Crippen LogP contribution in [0.1, 0.15) is 25.5 Å². The lowest BCUT2D eigenvalue weighted by atomic mass is 9.80. The van der Waals surface area contributed by atoms with Crippen molar-refractivity contribution in [3.63, 3.8) is 0 Å². The number of nitrogens with one attached hydrogen (secondary N) is 2. The van der Waals surface area contributed by atoms with E-state index in [1.807, 2.05) is 42.6 Å². The second kappa shape index (κ2) is 7.05. The Balaban J connectivity index is 1.73. The van der Waals surface area contributed by atoms with E-state index in [1.165, 1.54) is 0 Å². The lowest BCUT2D eigenvalue weighted by Gasteiger charge is -2.33. The lowest BCUT2D eigenvalue weighted by Crippen LogP contribution is -2.37. The Kier molecular flexibility index (Phi) is 4.66. The number of aromatic nitrogens is 2. The summed E-state index contributed by atoms with van der Waals surface area (Å²) in [6.07, 6.45) is 9.10. The zero-order valence-corrected chi connectivity index (χ0v) is 13.5. The molecule has 2 N–H and O–H groups in total. The first-order chi connectivity index (χ1) is 11.7. The fourth-order valence-corrected chi connectivity index (χ4v) is 2.80. The molecule has 3 rings (SSSR count). The highest BCUT2D eigenvalue weighted by atomic mass is 14.9. The zero-order chi connectivity index (χ0) is 16.9. The molecule has 1 aromatic heterocycles. The molecule has 5 nitrogen and oxygen atoms in total. The second-order valence-corrected chi connectivity index (χ2v) is 6.01. The minimum absolute atomic E-state index is 0.376.